The molecule has 0 aliphatic rings. The van der Waals surface area contributed by atoms with Crippen molar-refractivity contribution < 1.29 is 20.4 Å². The van der Waals surface area contributed by atoms with Gasteiger partial charge in [0.15, 0.2) is 0 Å². The summed E-state index contributed by atoms with van der Waals surface area (Å²) in [7, 11) is 0. The second kappa shape index (κ2) is 10.6. The molecule has 4 N–H and O–H groups in total. The Balaban J connectivity index is 0. The summed E-state index contributed by atoms with van der Waals surface area (Å²) in [5.74, 6) is 0. The summed E-state index contributed by atoms with van der Waals surface area (Å²) < 4.78 is 0. The van der Waals surface area contributed by atoms with Gasteiger partial charge in [0.05, 0.1) is 25.9 Å². The number of hydrogen-bond donors (Lipinski definition) is 4. The van der Waals surface area contributed by atoms with E-state index in [1.54, 1.807) is 6.08 Å². The second-order valence-corrected chi connectivity index (χ2v) is 2.44. The predicted molar refractivity (Wildman–Crippen MR) is 46.7 cm³/mol. The molecule has 0 aliphatic heterocycles. The smallest absolute Gasteiger partial charge is 0.0954 e. The first kappa shape index (κ1) is 14.1. The highest BCUT2D eigenvalue weighted by atomic mass is 16.3. The van der Waals surface area contributed by atoms with Crippen LogP contribution in [0.15, 0.2) is 11.6 Å². The zero-order valence-corrected chi connectivity index (χ0v) is 7.56. The molecule has 0 aromatic rings. The van der Waals surface area contributed by atoms with Gasteiger partial charge in [-0.25, -0.2) is 0 Å². The average molecular weight is 178 g/mol. The van der Waals surface area contributed by atoms with Gasteiger partial charge in [0.1, 0.15) is 0 Å². The molecule has 0 aromatic heterocycles. The van der Waals surface area contributed by atoms with Gasteiger partial charge in [0.2, 0.25) is 0 Å². The monoisotopic (exact) mass is 178 g/mol. The van der Waals surface area contributed by atoms with Crippen LogP contribution in [0.1, 0.15) is 13.8 Å². The maximum Gasteiger partial charge on any atom is 0.0954 e. The number of rotatable bonds is 3. The molecule has 4 nitrogen and oxygen atoms in total. The molecule has 0 rings (SSSR count). The van der Waals surface area contributed by atoms with Crippen LogP contribution < -0.4 is 0 Å². The van der Waals surface area contributed by atoms with Crippen molar-refractivity contribution in [3.63, 3.8) is 0 Å². The Labute approximate surface area is 72.8 Å². The summed E-state index contributed by atoms with van der Waals surface area (Å²) in [5, 5.41) is 32.2. The zero-order chi connectivity index (χ0) is 9.98. The molecule has 0 heterocycles. The SMILES string of the molecule is CC(C)=CC(O)CO.OCCO. The van der Waals surface area contributed by atoms with Gasteiger partial charge >= 0.3 is 0 Å². The Bertz CT molecular complexity index is 106. The highest BCUT2D eigenvalue weighted by molar-refractivity contribution is 4.97. The van der Waals surface area contributed by atoms with Crippen molar-refractivity contribution >= 4 is 0 Å². The molecule has 1 atom stereocenters. The van der Waals surface area contributed by atoms with E-state index in [1.165, 1.54) is 0 Å². The van der Waals surface area contributed by atoms with Crippen LogP contribution in [-0.4, -0.2) is 46.4 Å². The molecule has 0 amide bonds. The first-order valence-corrected chi connectivity index (χ1v) is 3.74. The fourth-order valence-corrected chi connectivity index (χ4v) is 0.437. The van der Waals surface area contributed by atoms with Crippen molar-refractivity contribution in [2.45, 2.75) is 20.0 Å². The molecule has 0 radical (unpaired) electrons. The lowest BCUT2D eigenvalue weighted by Gasteiger charge is -1.98. The number of aliphatic hydroxyl groups is 4. The van der Waals surface area contributed by atoms with E-state index in [2.05, 4.69) is 0 Å². The summed E-state index contributed by atoms with van der Waals surface area (Å²) in [6, 6.07) is 0. The molecular weight excluding hydrogens is 160 g/mol. The van der Waals surface area contributed by atoms with Crippen LogP contribution in [0.5, 0.6) is 0 Å². The van der Waals surface area contributed by atoms with Gasteiger partial charge in [-0.1, -0.05) is 11.6 Å². The Morgan fingerprint density at radius 2 is 1.58 bits per heavy atom. The molecule has 74 valence electrons. The fraction of sp³-hybridized carbons (Fsp3) is 0.750. The first-order chi connectivity index (χ1) is 5.58. The van der Waals surface area contributed by atoms with E-state index in [9.17, 15) is 0 Å². The Morgan fingerprint density at radius 3 is 1.67 bits per heavy atom. The first-order valence-electron chi connectivity index (χ1n) is 3.74. The van der Waals surface area contributed by atoms with Crippen molar-refractivity contribution in [2.24, 2.45) is 0 Å². The van der Waals surface area contributed by atoms with Gasteiger partial charge in [-0.3, -0.25) is 0 Å². The van der Waals surface area contributed by atoms with E-state index in [0.29, 0.717) is 0 Å². The third-order valence-electron chi connectivity index (χ3n) is 0.813. The molecule has 0 aromatic carbocycles. The minimum absolute atomic E-state index is 0.125. The largest absolute Gasteiger partial charge is 0.394 e. The van der Waals surface area contributed by atoms with Gasteiger partial charge in [-0.05, 0) is 13.8 Å². The summed E-state index contributed by atoms with van der Waals surface area (Å²) in [4.78, 5) is 0. The van der Waals surface area contributed by atoms with E-state index < -0.39 is 6.10 Å². The summed E-state index contributed by atoms with van der Waals surface area (Å²) in [5.41, 5.74) is 1.02. The molecule has 0 saturated heterocycles. The Morgan fingerprint density at radius 1 is 1.17 bits per heavy atom. The van der Waals surface area contributed by atoms with Crippen LogP contribution in [0, 0.1) is 0 Å². The number of aliphatic hydroxyl groups excluding tert-OH is 4. The molecule has 1 unspecified atom stereocenters. The molecule has 12 heavy (non-hydrogen) atoms. The molecule has 0 spiro atoms. The van der Waals surface area contributed by atoms with Gasteiger partial charge in [-0.15, -0.1) is 0 Å². The fourth-order valence-electron chi connectivity index (χ4n) is 0.437. The van der Waals surface area contributed by atoms with Crippen molar-refractivity contribution in [1.29, 1.82) is 0 Å². The lowest BCUT2D eigenvalue weighted by molar-refractivity contribution is 0.130. The molecule has 0 aliphatic carbocycles. The predicted octanol–water partition coefficient (Wildman–Crippen LogP) is -0.723. The van der Waals surface area contributed by atoms with E-state index in [-0.39, 0.29) is 19.8 Å². The normalized spacial score (nSPS) is 11.2. The van der Waals surface area contributed by atoms with Gasteiger partial charge in [0, 0.05) is 0 Å². The average Bonchev–Trinajstić information content (AvgIpc) is 2.04. The Hall–Kier alpha value is -0.420. The molecule has 0 saturated carbocycles. The van der Waals surface area contributed by atoms with Crippen molar-refractivity contribution in [3.05, 3.63) is 11.6 Å². The summed E-state index contributed by atoms with van der Waals surface area (Å²) in [6.45, 7) is 3.31. The lowest BCUT2D eigenvalue weighted by atomic mass is 10.2. The third kappa shape index (κ3) is 16.3. The summed E-state index contributed by atoms with van der Waals surface area (Å²) >= 11 is 0. The standard InChI is InChI=1S/C6H12O2.C2H6O2/c1-5(2)3-6(8)4-7;3-1-2-4/h3,6-8H,4H2,1-2H3;3-4H,1-2H2. The summed E-state index contributed by atoms with van der Waals surface area (Å²) in [6.07, 6.45) is 0.931. The molecule has 0 fully saturated rings. The van der Waals surface area contributed by atoms with Gasteiger partial charge in [0.25, 0.3) is 0 Å². The third-order valence-corrected chi connectivity index (χ3v) is 0.813. The van der Waals surface area contributed by atoms with E-state index in [0.717, 1.165) is 5.57 Å². The number of hydrogen-bond acceptors (Lipinski definition) is 4. The highest BCUT2D eigenvalue weighted by Crippen LogP contribution is 1.91. The van der Waals surface area contributed by atoms with E-state index >= 15 is 0 Å². The maximum atomic E-state index is 8.70. The number of allylic oxidation sites excluding steroid dienone is 1. The maximum absolute atomic E-state index is 8.70. The molecule has 0 bridgehead atoms. The van der Waals surface area contributed by atoms with Gasteiger partial charge in [-0.2, -0.15) is 0 Å². The zero-order valence-electron chi connectivity index (χ0n) is 7.56. The minimum Gasteiger partial charge on any atom is -0.394 e. The quantitative estimate of drug-likeness (QED) is 0.430. The van der Waals surface area contributed by atoms with Gasteiger partial charge < -0.3 is 20.4 Å². The van der Waals surface area contributed by atoms with Crippen LogP contribution in [0.4, 0.5) is 0 Å². The van der Waals surface area contributed by atoms with Crippen molar-refractivity contribution in [2.75, 3.05) is 19.8 Å². The van der Waals surface area contributed by atoms with E-state index in [1.807, 2.05) is 13.8 Å². The lowest BCUT2D eigenvalue weighted by Crippen LogP contribution is -2.07. The van der Waals surface area contributed by atoms with Crippen molar-refractivity contribution in [3.8, 4) is 0 Å². The molecular formula is C8H18O4. The second-order valence-electron chi connectivity index (χ2n) is 2.44. The minimum atomic E-state index is -0.681. The van der Waals surface area contributed by atoms with Crippen LogP contribution in [0.3, 0.4) is 0 Å². The highest BCUT2D eigenvalue weighted by Gasteiger charge is 1.92. The molecule has 4 heteroatoms. The van der Waals surface area contributed by atoms with Crippen molar-refractivity contribution in [1.82, 2.24) is 0 Å². The van der Waals surface area contributed by atoms with E-state index in [4.69, 9.17) is 20.4 Å². The van der Waals surface area contributed by atoms with Crippen LogP contribution >= 0.6 is 0 Å². The van der Waals surface area contributed by atoms with Crippen LogP contribution in [-0.2, 0) is 0 Å². The van der Waals surface area contributed by atoms with Crippen LogP contribution in [0.25, 0.3) is 0 Å². The topological polar surface area (TPSA) is 80.9 Å². The Kier molecular flexibility index (Phi) is 12.5. The van der Waals surface area contributed by atoms with Crippen LogP contribution in [0.2, 0.25) is 0 Å².